The number of rotatable bonds is 7. The number of nitrogens with zero attached hydrogens (tertiary/aromatic N) is 3. The average Bonchev–Trinajstić information content (AvgIpc) is 3.22. The first-order chi connectivity index (χ1) is 9.15. The first-order valence-electron chi connectivity index (χ1n) is 6.94. The zero-order valence-electron chi connectivity index (χ0n) is 11.9. The third-order valence-electron chi connectivity index (χ3n) is 3.67. The molecule has 5 heteroatoms. The SMILES string of the molecule is CCc1nc(Br)cc(N(CCOC)C(C)C2CC2)n1. The Bertz CT molecular complexity index is 423. The zero-order valence-corrected chi connectivity index (χ0v) is 13.5. The first-order valence-corrected chi connectivity index (χ1v) is 7.74. The summed E-state index contributed by atoms with van der Waals surface area (Å²) in [5.74, 6) is 2.70. The van der Waals surface area contributed by atoms with Crippen molar-refractivity contribution in [2.45, 2.75) is 39.2 Å². The molecule has 1 fully saturated rings. The lowest BCUT2D eigenvalue weighted by molar-refractivity contribution is 0.202. The molecule has 1 aliphatic carbocycles. The summed E-state index contributed by atoms with van der Waals surface area (Å²) in [5, 5.41) is 0. The number of aryl methyl sites for hydroxylation is 1. The van der Waals surface area contributed by atoms with Gasteiger partial charge in [0.25, 0.3) is 0 Å². The van der Waals surface area contributed by atoms with Gasteiger partial charge >= 0.3 is 0 Å². The summed E-state index contributed by atoms with van der Waals surface area (Å²) in [5.41, 5.74) is 0. The molecule has 0 N–H and O–H groups in total. The topological polar surface area (TPSA) is 38.2 Å². The van der Waals surface area contributed by atoms with E-state index in [0.29, 0.717) is 6.04 Å². The van der Waals surface area contributed by atoms with Crippen LogP contribution in [0, 0.1) is 5.92 Å². The molecule has 4 nitrogen and oxygen atoms in total. The van der Waals surface area contributed by atoms with Gasteiger partial charge in [0.2, 0.25) is 0 Å². The molecule has 1 atom stereocenters. The second-order valence-electron chi connectivity index (χ2n) is 5.08. The summed E-state index contributed by atoms with van der Waals surface area (Å²) in [7, 11) is 1.74. The van der Waals surface area contributed by atoms with Gasteiger partial charge in [0.15, 0.2) is 0 Å². The van der Waals surface area contributed by atoms with Gasteiger partial charge in [-0.25, -0.2) is 9.97 Å². The minimum Gasteiger partial charge on any atom is -0.383 e. The van der Waals surface area contributed by atoms with Gasteiger partial charge in [-0.05, 0) is 41.6 Å². The highest BCUT2D eigenvalue weighted by Gasteiger charge is 2.32. The van der Waals surface area contributed by atoms with Crippen LogP contribution in [0.4, 0.5) is 5.82 Å². The molecule has 106 valence electrons. The Morgan fingerprint density at radius 3 is 2.79 bits per heavy atom. The van der Waals surface area contributed by atoms with E-state index < -0.39 is 0 Å². The average molecular weight is 328 g/mol. The van der Waals surface area contributed by atoms with Crippen LogP contribution in [-0.4, -0.2) is 36.3 Å². The Morgan fingerprint density at radius 1 is 1.47 bits per heavy atom. The van der Waals surface area contributed by atoms with Gasteiger partial charge in [-0.15, -0.1) is 0 Å². The number of methoxy groups -OCH3 is 1. The Morgan fingerprint density at radius 2 is 2.21 bits per heavy atom. The number of aromatic nitrogens is 2. The molecule has 1 aromatic rings. The van der Waals surface area contributed by atoms with Crippen LogP contribution in [0.5, 0.6) is 0 Å². The third kappa shape index (κ3) is 3.89. The van der Waals surface area contributed by atoms with Crippen molar-refractivity contribution in [3.05, 3.63) is 16.5 Å². The van der Waals surface area contributed by atoms with Crippen LogP contribution in [0.15, 0.2) is 10.7 Å². The Labute approximate surface area is 123 Å². The normalized spacial score (nSPS) is 16.4. The summed E-state index contributed by atoms with van der Waals surface area (Å²) in [6.07, 6.45) is 3.51. The maximum Gasteiger partial charge on any atom is 0.133 e. The number of halogens is 1. The van der Waals surface area contributed by atoms with Crippen LogP contribution in [0.2, 0.25) is 0 Å². The second-order valence-corrected chi connectivity index (χ2v) is 5.90. The molecule has 1 saturated carbocycles. The summed E-state index contributed by atoms with van der Waals surface area (Å²) < 4.78 is 6.10. The highest BCUT2D eigenvalue weighted by molar-refractivity contribution is 9.10. The van der Waals surface area contributed by atoms with Crippen molar-refractivity contribution in [3.8, 4) is 0 Å². The minimum absolute atomic E-state index is 0.515. The van der Waals surface area contributed by atoms with Gasteiger partial charge in [-0.1, -0.05) is 6.92 Å². The van der Waals surface area contributed by atoms with Crippen LogP contribution in [0.3, 0.4) is 0 Å². The fourth-order valence-corrected chi connectivity index (χ4v) is 2.72. The summed E-state index contributed by atoms with van der Waals surface area (Å²) in [6.45, 7) is 5.96. The maximum absolute atomic E-state index is 5.23. The minimum atomic E-state index is 0.515. The fourth-order valence-electron chi connectivity index (χ4n) is 2.31. The Kier molecular flexibility index (Phi) is 5.16. The summed E-state index contributed by atoms with van der Waals surface area (Å²) >= 11 is 3.48. The molecule has 2 rings (SSSR count). The van der Waals surface area contributed by atoms with E-state index in [0.717, 1.165) is 41.7 Å². The molecule has 0 saturated heterocycles. The highest BCUT2D eigenvalue weighted by atomic mass is 79.9. The number of anilines is 1. The lowest BCUT2D eigenvalue weighted by Gasteiger charge is -2.30. The molecule has 1 aliphatic rings. The molecule has 19 heavy (non-hydrogen) atoms. The molecule has 0 spiro atoms. The number of hydrogen-bond acceptors (Lipinski definition) is 4. The van der Waals surface area contributed by atoms with Gasteiger partial charge < -0.3 is 9.64 Å². The van der Waals surface area contributed by atoms with E-state index in [1.165, 1.54) is 12.8 Å². The fraction of sp³-hybridized carbons (Fsp3) is 0.714. The molecule has 1 heterocycles. The Balaban J connectivity index is 2.22. The largest absolute Gasteiger partial charge is 0.383 e. The predicted molar refractivity (Wildman–Crippen MR) is 80.5 cm³/mol. The standard InChI is InChI=1S/C14H22BrN3O/c1-4-13-16-12(15)9-14(17-13)18(7-8-19-3)10(2)11-5-6-11/h9-11H,4-8H2,1-3H3. The maximum atomic E-state index is 5.23. The van der Waals surface area contributed by atoms with Gasteiger partial charge in [0.05, 0.1) is 6.61 Å². The van der Waals surface area contributed by atoms with Gasteiger partial charge in [0, 0.05) is 32.2 Å². The molecular weight excluding hydrogens is 306 g/mol. The monoisotopic (exact) mass is 327 g/mol. The van der Waals surface area contributed by atoms with Gasteiger partial charge in [-0.2, -0.15) is 0 Å². The van der Waals surface area contributed by atoms with Crippen LogP contribution < -0.4 is 4.90 Å². The van der Waals surface area contributed by atoms with Crippen molar-refractivity contribution in [3.63, 3.8) is 0 Å². The van der Waals surface area contributed by atoms with Crippen LogP contribution in [0.25, 0.3) is 0 Å². The van der Waals surface area contributed by atoms with Crippen LogP contribution >= 0.6 is 15.9 Å². The predicted octanol–water partition coefficient (Wildman–Crippen LogP) is 3.05. The van der Waals surface area contributed by atoms with E-state index in [-0.39, 0.29) is 0 Å². The number of ether oxygens (including phenoxy) is 1. The molecule has 0 amide bonds. The molecule has 0 bridgehead atoms. The molecule has 0 aliphatic heterocycles. The van der Waals surface area contributed by atoms with E-state index in [1.807, 2.05) is 6.07 Å². The molecular formula is C14H22BrN3O. The summed E-state index contributed by atoms with van der Waals surface area (Å²) in [6, 6.07) is 2.52. The van der Waals surface area contributed by atoms with Gasteiger partial charge in [0.1, 0.15) is 16.2 Å². The van der Waals surface area contributed by atoms with E-state index in [9.17, 15) is 0 Å². The number of hydrogen-bond donors (Lipinski definition) is 0. The zero-order chi connectivity index (χ0) is 13.8. The van der Waals surface area contributed by atoms with E-state index in [1.54, 1.807) is 7.11 Å². The third-order valence-corrected chi connectivity index (χ3v) is 4.08. The van der Waals surface area contributed by atoms with Crippen molar-refractivity contribution in [2.75, 3.05) is 25.2 Å². The van der Waals surface area contributed by atoms with Gasteiger partial charge in [-0.3, -0.25) is 0 Å². The molecule has 1 unspecified atom stereocenters. The molecule has 1 aromatic heterocycles. The quantitative estimate of drug-likeness (QED) is 0.721. The smallest absolute Gasteiger partial charge is 0.133 e. The molecule has 0 aromatic carbocycles. The van der Waals surface area contributed by atoms with E-state index >= 15 is 0 Å². The van der Waals surface area contributed by atoms with Crippen molar-refractivity contribution in [2.24, 2.45) is 5.92 Å². The molecule has 0 radical (unpaired) electrons. The van der Waals surface area contributed by atoms with Crippen molar-refractivity contribution in [1.29, 1.82) is 0 Å². The van der Waals surface area contributed by atoms with Crippen LogP contribution in [0.1, 0.15) is 32.5 Å². The Hall–Kier alpha value is -0.680. The first kappa shape index (κ1) is 14.7. The van der Waals surface area contributed by atoms with Crippen molar-refractivity contribution < 1.29 is 4.74 Å². The highest BCUT2D eigenvalue weighted by Crippen LogP contribution is 2.36. The van der Waals surface area contributed by atoms with E-state index in [2.05, 4.69) is 44.6 Å². The summed E-state index contributed by atoms with van der Waals surface area (Å²) in [4.78, 5) is 11.4. The lowest BCUT2D eigenvalue weighted by atomic mass is 10.2. The second kappa shape index (κ2) is 6.66. The lowest BCUT2D eigenvalue weighted by Crippen LogP contribution is -2.38. The van der Waals surface area contributed by atoms with Crippen LogP contribution in [-0.2, 0) is 11.2 Å². The van der Waals surface area contributed by atoms with Crippen molar-refractivity contribution >= 4 is 21.7 Å². The van der Waals surface area contributed by atoms with E-state index in [4.69, 9.17) is 4.74 Å². The van der Waals surface area contributed by atoms with Crippen molar-refractivity contribution in [1.82, 2.24) is 9.97 Å².